The number of unbranched alkanes of at least 4 members (excludes halogenated alkanes) is 5. The van der Waals surface area contributed by atoms with Crippen molar-refractivity contribution >= 4 is 69.1 Å². The van der Waals surface area contributed by atoms with E-state index < -0.39 is 90.4 Å². The van der Waals surface area contributed by atoms with Gasteiger partial charge in [0, 0.05) is 37.9 Å². The van der Waals surface area contributed by atoms with Gasteiger partial charge < -0.3 is 50.9 Å². The summed E-state index contributed by atoms with van der Waals surface area (Å²) in [6.07, 6.45) is -0.263. The lowest BCUT2D eigenvalue weighted by molar-refractivity contribution is -0.137. The maximum Gasteiger partial charge on any atom is 0.481 e. The number of aliphatic hydroxyl groups is 2. The van der Waals surface area contributed by atoms with Crippen LogP contribution in [0.1, 0.15) is 86.7 Å². The molecule has 1 aliphatic rings. The van der Waals surface area contributed by atoms with Crippen molar-refractivity contribution in [2.75, 3.05) is 37.8 Å². The first-order chi connectivity index (χ1) is 28.3. The van der Waals surface area contributed by atoms with E-state index in [2.05, 4.69) is 41.3 Å². The number of fused-ring (bicyclic) bond motifs is 1. The molecule has 0 radical (unpaired) electrons. The molecule has 28 heteroatoms. The van der Waals surface area contributed by atoms with Crippen LogP contribution in [0, 0.1) is 11.3 Å². The van der Waals surface area contributed by atoms with Gasteiger partial charge in [-0.25, -0.2) is 28.6 Å². The van der Waals surface area contributed by atoms with Gasteiger partial charge in [-0.2, -0.15) is 4.31 Å². The highest BCUT2D eigenvalue weighted by Gasteiger charge is 2.50. The molecule has 10 N–H and O–H groups in total. The maximum absolute atomic E-state index is 12.7. The Morgan fingerprint density at radius 2 is 1.70 bits per heavy atom. The number of ether oxygens (including phenoxy) is 1. The lowest BCUT2D eigenvalue weighted by atomic mass is 9.87. The zero-order valence-corrected chi connectivity index (χ0v) is 37.0. The molecule has 342 valence electrons. The largest absolute Gasteiger partial charge is 0.481 e. The third-order valence-electron chi connectivity index (χ3n) is 8.99. The van der Waals surface area contributed by atoms with Crippen molar-refractivity contribution in [3.63, 3.8) is 0 Å². The molecule has 2 aromatic heterocycles. The topological polar surface area (TPSA) is 364 Å². The van der Waals surface area contributed by atoms with E-state index in [1.54, 1.807) is 6.92 Å². The fourth-order valence-electron chi connectivity index (χ4n) is 5.67. The Labute approximate surface area is 351 Å². The number of hydrogen-bond acceptors (Lipinski definition) is 18. The van der Waals surface area contributed by atoms with Gasteiger partial charge in [0.2, 0.25) is 11.8 Å². The molecule has 3 heterocycles. The fraction of sp³-hybridized carbons (Fsp3) is 0.750. The van der Waals surface area contributed by atoms with Crippen molar-refractivity contribution in [3.05, 3.63) is 12.7 Å². The zero-order chi connectivity index (χ0) is 45.8. The normalized spacial score (nSPS) is 22.3. The number of nitrogens with zero attached hydrogens (tertiary/aromatic N) is 4. The lowest BCUT2D eigenvalue weighted by Crippen LogP contribution is -2.46. The number of phosphoric acid groups is 3. The summed E-state index contributed by atoms with van der Waals surface area (Å²) in [6.45, 7) is 4.10. The minimum atomic E-state index is -5.58. The SMILES string of the molecule is [2H][13C@](C)(CCCCCCCC)C(=O)SCCNC(=O)CCNC(=O)[C@H](O)C(C)(C)COP(=O)(O)OP(=O)(O)OC[C@H]1O[C@@H](n2cnc3c(N)ncnc32)[C@H](O)[C@@H]1OP(=O)(O)O. The Morgan fingerprint density at radius 3 is 2.38 bits per heavy atom. The summed E-state index contributed by atoms with van der Waals surface area (Å²) in [5.74, 6) is -2.48. The first kappa shape index (κ1) is 50.2. The highest BCUT2D eigenvalue weighted by molar-refractivity contribution is 8.13. The second-order valence-corrected chi connectivity index (χ2v) is 19.8. The van der Waals surface area contributed by atoms with E-state index in [9.17, 15) is 57.9 Å². The zero-order valence-electron chi connectivity index (χ0n) is 34.5. The third kappa shape index (κ3) is 16.7. The number of nitrogen functional groups attached to an aromatic ring is 1. The van der Waals surface area contributed by atoms with Gasteiger partial charge in [0.25, 0.3) is 0 Å². The number of amides is 2. The van der Waals surface area contributed by atoms with E-state index in [1.807, 2.05) is 0 Å². The van der Waals surface area contributed by atoms with Crippen LogP contribution in [-0.2, 0) is 50.7 Å². The first-order valence-corrected chi connectivity index (χ1v) is 24.4. The van der Waals surface area contributed by atoms with Crippen LogP contribution in [0.4, 0.5) is 5.82 Å². The van der Waals surface area contributed by atoms with Crippen molar-refractivity contribution in [3.8, 4) is 0 Å². The first-order valence-electron chi connectivity index (χ1n) is 19.4. The molecule has 1 aliphatic heterocycles. The summed E-state index contributed by atoms with van der Waals surface area (Å²) in [6, 6.07) is 0. The van der Waals surface area contributed by atoms with Crippen molar-refractivity contribution in [1.82, 2.24) is 30.2 Å². The average molecular weight is 938 g/mol. The highest BCUT2D eigenvalue weighted by Crippen LogP contribution is 2.61. The van der Waals surface area contributed by atoms with Crippen LogP contribution in [0.5, 0.6) is 0 Å². The van der Waals surface area contributed by atoms with Crippen LogP contribution in [0.2, 0.25) is 0 Å². The molecular weight excluding hydrogens is 880 g/mol. The summed E-state index contributed by atoms with van der Waals surface area (Å²) in [5.41, 5.74) is 4.25. The van der Waals surface area contributed by atoms with Gasteiger partial charge in [-0.05, 0) is 6.42 Å². The fourth-order valence-corrected chi connectivity index (χ4v) is 9.24. The predicted molar refractivity (Wildman–Crippen MR) is 214 cm³/mol. The van der Waals surface area contributed by atoms with E-state index in [1.165, 1.54) is 20.3 Å². The van der Waals surface area contributed by atoms with Gasteiger partial charge in [-0.3, -0.25) is 32.5 Å². The number of thioether (sulfide) groups is 1. The van der Waals surface area contributed by atoms with Crippen LogP contribution in [0.15, 0.2) is 12.7 Å². The number of nitrogens with one attached hydrogen (secondary N) is 2. The highest BCUT2D eigenvalue weighted by atomic mass is 32.2. The Bertz CT molecular complexity index is 1940. The molecule has 0 aromatic carbocycles. The second kappa shape index (κ2) is 23.3. The average Bonchev–Trinajstić information content (AvgIpc) is 3.72. The quantitative estimate of drug-likeness (QED) is 0.0351. The van der Waals surface area contributed by atoms with Crippen LogP contribution in [0.3, 0.4) is 0 Å². The molecule has 0 aliphatic carbocycles. The molecule has 8 atom stereocenters. The Hall–Kier alpha value is -2.44. The molecule has 0 saturated carbocycles. The minimum absolute atomic E-state index is 0.0279. The molecule has 0 bridgehead atoms. The van der Waals surface area contributed by atoms with E-state index in [0.717, 1.165) is 61.1 Å². The molecule has 60 heavy (non-hydrogen) atoms. The number of hydrogen-bond donors (Lipinski definition) is 9. The van der Waals surface area contributed by atoms with Crippen molar-refractivity contribution in [2.45, 2.75) is 110 Å². The van der Waals surface area contributed by atoms with Crippen LogP contribution < -0.4 is 16.4 Å². The number of aromatic nitrogens is 4. The van der Waals surface area contributed by atoms with Crippen molar-refractivity contribution < 1.29 is 81.9 Å². The van der Waals surface area contributed by atoms with Crippen LogP contribution in [-0.4, -0.2) is 123 Å². The number of imidazole rings is 1. The summed E-state index contributed by atoms with van der Waals surface area (Å²) in [7, 11) is -16.4. The number of carbonyl (C=O) groups excluding carboxylic acids is 3. The number of nitrogens with two attached hydrogens (primary N) is 1. The molecule has 1 fully saturated rings. The van der Waals surface area contributed by atoms with Gasteiger partial charge in [0.1, 0.15) is 36.3 Å². The summed E-state index contributed by atoms with van der Waals surface area (Å²) in [4.78, 5) is 88.5. The monoisotopic (exact) mass is 937 g/mol. The summed E-state index contributed by atoms with van der Waals surface area (Å²) in [5, 5.41) is 26.2. The molecule has 24 nitrogen and oxygen atoms in total. The van der Waals surface area contributed by atoms with Crippen LogP contribution in [0.25, 0.3) is 11.2 Å². The van der Waals surface area contributed by atoms with E-state index in [0.29, 0.717) is 6.42 Å². The van der Waals surface area contributed by atoms with Gasteiger partial charge in [0.15, 0.2) is 22.8 Å². The smallest absolute Gasteiger partial charge is 0.386 e. The van der Waals surface area contributed by atoms with E-state index in [-0.39, 0.29) is 47.4 Å². The standard InChI is InChI=1S/C32H56N7O17P3S/c1-5-6-7-8-9-10-11-20(2)31(44)60-15-14-34-22(40)12-13-35-29(43)26(42)32(3,4)17-53-59(50,51)56-58(48,49)52-16-21-25(55-57(45,46)47)24(41)30(54-21)39-19-38-23-27(33)36-18-37-28(23)39/h18-21,24-26,30,41-42H,5-17H2,1-4H3,(H,34,40)(H,35,43)(H,48,49)(H,50,51)(H2,33,36,37)(H2,45,46,47)/t20-,21+,24+,25+,26-,30+/m0/s1/i20+1D. The molecule has 3 rings (SSSR count). The lowest BCUT2D eigenvalue weighted by Gasteiger charge is -2.30. The number of aliphatic hydroxyl groups excluding tert-OH is 2. The number of phosphoric ester groups is 3. The molecule has 0 spiro atoms. The number of rotatable bonds is 27. The van der Waals surface area contributed by atoms with Crippen molar-refractivity contribution in [2.24, 2.45) is 11.3 Å². The number of carbonyl (C=O) groups is 3. The van der Waals surface area contributed by atoms with Gasteiger partial charge >= 0.3 is 23.5 Å². The molecular formula is C32H56N7O17P3S. The molecule has 1 saturated heterocycles. The van der Waals surface area contributed by atoms with Crippen LogP contribution >= 0.6 is 35.2 Å². The molecule has 2 aromatic rings. The third-order valence-corrected chi connectivity index (χ3v) is 13.1. The Balaban J connectivity index is 1.43. The number of anilines is 1. The summed E-state index contributed by atoms with van der Waals surface area (Å²) < 4.78 is 70.6. The van der Waals surface area contributed by atoms with E-state index >= 15 is 0 Å². The van der Waals surface area contributed by atoms with Gasteiger partial charge in [0.05, 0.1) is 19.5 Å². The van der Waals surface area contributed by atoms with Gasteiger partial charge in [-0.15, -0.1) is 0 Å². The minimum Gasteiger partial charge on any atom is -0.386 e. The Morgan fingerprint density at radius 1 is 1.03 bits per heavy atom. The predicted octanol–water partition coefficient (Wildman–Crippen LogP) is 2.05. The molecule has 2 unspecified atom stereocenters. The molecule has 2 amide bonds. The second-order valence-electron chi connectivity index (χ2n) is 14.5. The van der Waals surface area contributed by atoms with Gasteiger partial charge in [-0.1, -0.05) is 78.0 Å². The summed E-state index contributed by atoms with van der Waals surface area (Å²) >= 11 is 0.962. The maximum atomic E-state index is 12.7. The Kier molecular flexibility index (Phi) is 19.5. The van der Waals surface area contributed by atoms with E-state index in [4.69, 9.17) is 20.9 Å². The van der Waals surface area contributed by atoms with Crippen molar-refractivity contribution in [1.29, 1.82) is 0 Å².